The molecule has 0 aliphatic rings. The van der Waals surface area contributed by atoms with Crippen LogP contribution >= 0.6 is 11.3 Å². The molecule has 0 amide bonds. The zero-order valence-corrected chi connectivity index (χ0v) is 9.82. The number of pyridine rings is 1. The van der Waals surface area contributed by atoms with Gasteiger partial charge in [0, 0.05) is 22.7 Å². The van der Waals surface area contributed by atoms with Crippen molar-refractivity contribution in [1.29, 1.82) is 0 Å². The van der Waals surface area contributed by atoms with E-state index in [0.29, 0.717) is 0 Å². The van der Waals surface area contributed by atoms with E-state index in [1.807, 2.05) is 30.3 Å². The minimum atomic E-state index is 0.944. The van der Waals surface area contributed by atoms with Crippen LogP contribution in [0.5, 0.6) is 0 Å². The van der Waals surface area contributed by atoms with Gasteiger partial charge >= 0.3 is 0 Å². The molecule has 0 bridgehead atoms. The Morgan fingerprint density at radius 2 is 1.88 bits per heavy atom. The smallest absolute Gasteiger partial charge is 0.126 e. The van der Waals surface area contributed by atoms with Crippen LogP contribution in [0.15, 0.2) is 54.0 Å². The Labute approximate surface area is 104 Å². The van der Waals surface area contributed by atoms with E-state index < -0.39 is 0 Å². The van der Waals surface area contributed by atoms with Crippen LogP contribution < -0.4 is 0 Å². The molecule has 3 rings (SSSR count). The van der Waals surface area contributed by atoms with Gasteiger partial charge in [0.2, 0.25) is 0 Å². The summed E-state index contributed by atoms with van der Waals surface area (Å²) in [5, 5.41) is 3.02. The fraction of sp³-hybridized carbons (Fsp3) is 0. The molecule has 3 aromatic rings. The van der Waals surface area contributed by atoms with Gasteiger partial charge in [-0.3, -0.25) is 4.98 Å². The Morgan fingerprint density at radius 3 is 2.65 bits per heavy atom. The number of nitrogens with zero attached hydrogens (tertiary/aromatic N) is 2. The normalized spacial score (nSPS) is 10.4. The molecule has 81 valence electrons. The molecule has 2 nitrogen and oxygen atoms in total. The number of hydrogen-bond donors (Lipinski definition) is 0. The summed E-state index contributed by atoms with van der Waals surface area (Å²) >= 11 is 1.62. The van der Waals surface area contributed by atoms with Crippen LogP contribution in [0.4, 0.5) is 0 Å². The second kappa shape index (κ2) is 4.47. The first-order chi connectivity index (χ1) is 8.43. The number of benzene rings is 1. The largest absolute Gasteiger partial charge is 0.254 e. The minimum Gasteiger partial charge on any atom is -0.254 e. The molecule has 0 N–H and O–H groups in total. The molecule has 0 aliphatic carbocycles. The number of aromatic nitrogens is 2. The van der Waals surface area contributed by atoms with Crippen molar-refractivity contribution in [3.05, 3.63) is 60.2 Å². The fourth-order valence-corrected chi connectivity index (χ4v) is 2.39. The van der Waals surface area contributed by atoms with E-state index in [2.05, 4.69) is 33.7 Å². The van der Waals surface area contributed by atoms with Crippen molar-refractivity contribution in [2.75, 3.05) is 0 Å². The fourth-order valence-electron chi connectivity index (χ4n) is 1.58. The third-order valence-electron chi connectivity index (χ3n) is 2.41. The number of rotatable bonds is 2. The van der Waals surface area contributed by atoms with Crippen LogP contribution in [-0.2, 0) is 0 Å². The first kappa shape index (κ1) is 10.2. The van der Waals surface area contributed by atoms with Gasteiger partial charge in [-0.15, -0.1) is 11.3 Å². The lowest BCUT2D eigenvalue weighted by molar-refractivity contribution is 1.30. The second-order valence-corrected chi connectivity index (χ2v) is 4.42. The van der Waals surface area contributed by atoms with Crippen molar-refractivity contribution in [3.63, 3.8) is 0 Å². The molecule has 0 unspecified atom stereocenters. The highest BCUT2D eigenvalue weighted by molar-refractivity contribution is 7.13. The molecule has 0 saturated carbocycles. The summed E-state index contributed by atoms with van der Waals surface area (Å²) < 4.78 is 0. The first-order valence-corrected chi connectivity index (χ1v) is 6.15. The molecule has 0 aliphatic heterocycles. The zero-order chi connectivity index (χ0) is 11.5. The summed E-state index contributed by atoms with van der Waals surface area (Å²) in [6, 6.07) is 14.0. The van der Waals surface area contributed by atoms with Crippen molar-refractivity contribution in [1.82, 2.24) is 9.97 Å². The monoisotopic (exact) mass is 237 g/mol. The molecular weight excluding hydrogens is 228 g/mol. The Hall–Kier alpha value is -2.00. The standard InChI is InChI=1S/C14H9N2S/c1-2-5-11(6-3-1)13-10-17-14(16-13)12-7-4-8-15-9-12/h1-8,10H. The van der Waals surface area contributed by atoms with E-state index in [9.17, 15) is 0 Å². The van der Waals surface area contributed by atoms with Gasteiger partial charge < -0.3 is 0 Å². The van der Waals surface area contributed by atoms with E-state index in [1.54, 1.807) is 17.5 Å². The summed E-state index contributed by atoms with van der Waals surface area (Å²) in [6.07, 6.45) is 4.66. The highest BCUT2D eigenvalue weighted by Crippen LogP contribution is 2.27. The maximum Gasteiger partial charge on any atom is 0.126 e. The van der Waals surface area contributed by atoms with Crippen LogP contribution in [0.1, 0.15) is 0 Å². The number of thiazole rings is 1. The average molecular weight is 237 g/mol. The van der Waals surface area contributed by atoms with Gasteiger partial charge in [0.1, 0.15) is 5.01 Å². The number of hydrogen-bond acceptors (Lipinski definition) is 3. The average Bonchev–Trinajstić information content (AvgIpc) is 2.90. The maximum atomic E-state index is 4.60. The molecule has 1 aromatic carbocycles. The lowest BCUT2D eigenvalue weighted by Crippen LogP contribution is -1.80. The predicted octanol–water partition coefficient (Wildman–Crippen LogP) is 3.67. The second-order valence-electron chi connectivity index (χ2n) is 3.57. The van der Waals surface area contributed by atoms with E-state index in [-0.39, 0.29) is 0 Å². The molecule has 0 spiro atoms. The molecular formula is C14H9N2S. The van der Waals surface area contributed by atoms with E-state index in [0.717, 1.165) is 21.8 Å². The third-order valence-corrected chi connectivity index (χ3v) is 3.29. The van der Waals surface area contributed by atoms with Gasteiger partial charge in [0.25, 0.3) is 0 Å². The SMILES string of the molecule is [c]1ncccc1-c1nc(-c2ccccc2)cs1. The topological polar surface area (TPSA) is 25.8 Å². The lowest BCUT2D eigenvalue weighted by atomic mass is 10.2. The van der Waals surface area contributed by atoms with E-state index >= 15 is 0 Å². The van der Waals surface area contributed by atoms with Crippen molar-refractivity contribution >= 4 is 11.3 Å². The Bertz CT molecular complexity index is 548. The Kier molecular flexibility index (Phi) is 2.68. The quantitative estimate of drug-likeness (QED) is 0.679. The molecule has 1 radical (unpaired) electrons. The van der Waals surface area contributed by atoms with Gasteiger partial charge in [-0.25, -0.2) is 4.98 Å². The zero-order valence-electron chi connectivity index (χ0n) is 9.00. The predicted molar refractivity (Wildman–Crippen MR) is 69.6 cm³/mol. The summed E-state index contributed by atoms with van der Waals surface area (Å²) in [5.41, 5.74) is 3.08. The van der Waals surface area contributed by atoms with Gasteiger partial charge in [-0.2, -0.15) is 0 Å². The van der Waals surface area contributed by atoms with Crippen LogP contribution in [0.2, 0.25) is 0 Å². The molecule has 2 aromatic heterocycles. The Balaban J connectivity index is 1.99. The Morgan fingerprint density at radius 1 is 1.00 bits per heavy atom. The highest BCUT2D eigenvalue weighted by Gasteiger charge is 2.06. The van der Waals surface area contributed by atoms with Crippen molar-refractivity contribution in [3.8, 4) is 21.8 Å². The van der Waals surface area contributed by atoms with E-state index in [4.69, 9.17) is 0 Å². The first-order valence-electron chi connectivity index (χ1n) is 5.27. The van der Waals surface area contributed by atoms with Crippen molar-refractivity contribution in [2.24, 2.45) is 0 Å². The summed E-state index contributed by atoms with van der Waals surface area (Å²) in [6.45, 7) is 0. The molecule has 2 heterocycles. The summed E-state index contributed by atoms with van der Waals surface area (Å²) in [4.78, 5) is 8.58. The maximum absolute atomic E-state index is 4.60. The summed E-state index contributed by atoms with van der Waals surface area (Å²) in [7, 11) is 0. The lowest BCUT2D eigenvalue weighted by Gasteiger charge is -1.95. The molecule has 17 heavy (non-hydrogen) atoms. The van der Waals surface area contributed by atoms with Gasteiger partial charge in [-0.1, -0.05) is 30.3 Å². The highest BCUT2D eigenvalue weighted by atomic mass is 32.1. The molecule has 0 fully saturated rings. The summed E-state index contributed by atoms with van der Waals surface area (Å²) in [5.74, 6) is 0. The van der Waals surface area contributed by atoms with Crippen LogP contribution in [0, 0.1) is 6.20 Å². The minimum absolute atomic E-state index is 0.944. The van der Waals surface area contributed by atoms with Crippen molar-refractivity contribution in [2.45, 2.75) is 0 Å². The molecule has 3 heteroatoms. The van der Waals surface area contributed by atoms with Crippen molar-refractivity contribution < 1.29 is 0 Å². The van der Waals surface area contributed by atoms with E-state index in [1.165, 1.54) is 0 Å². The molecule has 0 saturated heterocycles. The van der Waals surface area contributed by atoms with Gasteiger partial charge in [-0.05, 0) is 12.1 Å². The van der Waals surface area contributed by atoms with Gasteiger partial charge in [0.05, 0.1) is 11.9 Å². The van der Waals surface area contributed by atoms with Crippen LogP contribution in [0.25, 0.3) is 21.8 Å². The van der Waals surface area contributed by atoms with Crippen LogP contribution in [-0.4, -0.2) is 9.97 Å². The van der Waals surface area contributed by atoms with Gasteiger partial charge in [0.15, 0.2) is 0 Å². The molecule has 0 atom stereocenters. The third kappa shape index (κ3) is 2.10. The van der Waals surface area contributed by atoms with Crippen LogP contribution in [0.3, 0.4) is 0 Å².